The number of allylic oxidation sites excluding steroid dienone is 1. The molecule has 0 spiro atoms. The summed E-state index contributed by atoms with van der Waals surface area (Å²) >= 11 is 1.90. The molecule has 3 unspecified atom stereocenters. The van der Waals surface area contributed by atoms with E-state index < -0.39 is 0 Å². The summed E-state index contributed by atoms with van der Waals surface area (Å²) in [6.07, 6.45) is 8.40. The molecular formula is C10H14N2S. The van der Waals surface area contributed by atoms with Crippen LogP contribution in [0.3, 0.4) is 0 Å². The van der Waals surface area contributed by atoms with Crippen LogP contribution in [0.2, 0.25) is 0 Å². The van der Waals surface area contributed by atoms with E-state index in [1.54, 1.807) is 0 Å². The van der Waals surface area contributed by atoms with E-state index >= 15 is 0 Å². The number of rotatable bonds is 1. The summed E-state index contributed by atoms with van der Waals surface area (Å²) in [5, 5.41) is 12.6. The first-order valence-corrected chi connectivity index (χ1v) is 5.89. The van der Waals surface area contributed by atoms with E-state index in [1.165, 1.54) is 19.3 Å². The average Bonchev–Trinajstić information content (AvgIpc) is 2.67. The number of hydrogen-bond acceptors (Lipinski definition) is 3. The summed E-state index contributed by atoms with van der Waals surface area (Å²) in [7, 11) is 0. The standard InChI is InChI=1S/C10H14N2S/c11-6-9-7-13-10(12-9)8-4-2-1-3-5-8/h2,4,8-10,12H,1,3,5,7H2. The summed E-state index contributed by atoms with van der Waals surface area (Å²) in [4.78, 5) is 0. The molecule has 2 rings (SSSR count). The Balaban J connectivity index is 1.92. The summed E-state index contributed by atoms with van der Waals surface area (Å²) in [6, 6.07) is 2.35. The third-order valence-corrected chi connectivity index (χ3v) is 4.01. The molecule has 70 valence electrons. The van der Waals surface area contributed by atoms with Crippen LogP contribution in [0.5, 0.6) is 0 Å². The van der Waals surface area contributed by atoms with Crippen molar-refractivity contribution in [3.8, 4) is 6.07 Å². The molecule has 0 radical (unpaired) electrons. The molecule has 0 bridgehead atoms. The van der Waals surface area contributed by atoms with Crippen LogP contribution in [-0.2, 0) is 0 Å². The second kappa shape index (κ2) is 4.17. The molecule has 2 aliphatic rings. The quantitative estimate of drug-likeness (QED) is 0.648. The number of nitrogens with zero attached hydrogens (tertiary/aromatic N) is 1. The molecule has 1 heterocycles. The second-order valence-corrected chi connectivity index (χ2v) is 4.80. The van der Waals surface area contributed by atoms with E-state index in [1.807, 2.05) is 11.8 Å². The van der Waals surface area contributed by atoms with Crippen LogP contribution in [0.25, 0.3) is 0 Å². The third-order valence-electron chi connectivity index (χ3n) is 2.64. The molecule has 0 amide bonds. The maximum atomic E-state index is 8.74. The highest BCUT2D eigenvalue weighted by molar-refractivity contribution is 8.00. The van der Waals surface area contributed by atoms with E-state index in [0.717, 1.165) is 5.75 Å². The first kappa shape index (κ1) is 9.11. The lowest BCUT2D eigenvalue weighted by Crippen LogP contribution is -2.33. The predicted molar refractivity (Wildman–Crippen MR) is 55.3 cm³/mol. The van der Waals surface area contributed by atoms with E-state index in [2.05, 4.69) is 23.5 Å². The van der Waals surface area contributed by atoms with Crippen molar-refractivity contribution in [2.75, 3.05) is 5.75 Å². The molecule has 1 aliphatic heterocycles. The highest BCUT2D eigenvalue weighted by atomic mass is 32.2. The van der Waals surface area contributed by atoms with Crippen LogP contribution < -0.4 is 5.32 Å². The molecule has 0 aromatic heterocycles. The van der Waals surface area contributed by atoms with Gasteiger partial charge in [-0.15, -0.1) is 11.8 Å². The fraction of sp³-hybridized carbons (Fsp3) is 0.700. The van der Waals surface area contributed by atoms with Crippen LogP contribution in [0.4, 0.5) is 0 Å². The van der Waals surface area contributed by atoms with Gasteiger partial charge in [0.25, 0.3) is 0 Å². The normalized spacial score (nSPS) is 38.8. The van der Waals surface area contributed by atoms with Gasteiger partial charge in [0.05, 0.1) is 11.4 Å². The largest absolute Gasteiger partial charge is 0.289 e. The van der Waals surface area contributed by atoms with E-state index in [-0.39, 0.29) is 6.04 Å². The van der Waals surface area contributed by atoms with Crippen LogP contribution >= 0.6 is 11.8 Å². The lowest BCUT2D eigenvalue weighted by atomic mass is 9.95. The van der Waals surface area contributed by atoms with Gasteiger partial charge in [0.1, 0.15) is 6.04 Å². The zero-order valence-electron chi connectivity index (χ0n) is 7.57. The van der Waals surface area contributed by atoms with Gasteiger partial charge in [0.15, 0.2) is 0 Å². The van der Waals surface area contributed by atoms with E-state index in [0.29, 0.717) is 11.3 Å². The Labute approximate surface area is 83.4 Å². The zero-order chi connectivity index (χ0) is 9.10. The van der Waals surface area contributed by atoms with Gasteiger partial charge in [-0.05, 0) is 19.3 Å². The molecule has 3 heteroatoms. The molecule has 0 aromatic carbocycles. The third kappa shape index (κ3) is 2.07. The van der Waals surface area contributed by atoms with Crippen LogP contribution in [0.1, 0.15) is 19.3 Å². The first-order valence-electron chi connectivity index (χ1n) is 4.84. The van der Waals surface area contributed by atoms with Crippen LogP contribution in [-0.4, -0.2) is 17.2 Å². The fourth-order valence-corrected chi connectivity index (χ4v) is 3.21. The molecule has 1 fully saturated rings. The minimum Gasteiger partial charge on any atom is -0.289 e. The number of nitrogens with one attached hydrogen (secondary N) is 1. The van der Waals surface area contributed by atoms with Crippen LogP contribution in [0.15, 0.2) is 12.2 Å². The number of thioether (sulfide) groups is 1. The molecule has 1 aliphatic carbocycles. The molecule has 3 atom stereocenters. The van der Waals surface area contributed by atoms with Gasteiger partial charge in [-0.2, -0.15) is 5.26 Å². The smallest absolute Gasteiger partial charge is 0.105 e. The zero-order valence-corrected chi connectivity index (χ0v) is 8.39. The average molecular weight is 194 g/mol. The molecule has 1 saturated heterocycles. The summed E-state index contributed by atoms with van der Waals surface area (Å²) in [6.45, 7) is 0. The van der Waals surface area contributed by atoms with Crippen molar-refractivity contribution in [1.82, 2.24) is 5.32 Å². The number of nitriles is 1. The molecule has 0 saturated carbocycles. The lowest BCUT2D eigenvalue weighted by molar-refractivity contribution is 0.469. The summed E-state index contributed by atoms with van der Waals surface area (Å²) < 4.78 is 0. The van der Waals surface area contributed by atoms with Crippen molar-refractivity contribution >= 4 is 11.8 Å². The maximum Gasteiger partial charge on any atom is 0.105 e. The van der Waals surface area contributed by atoms with Gasteiger partial charge >= 0.3 is 0 Å². The van der Waals surface area contributed by atoms with Crippen molar-refractivity contribution in [3.63, 3.8) is 0 Å². The second-order valence-electron chi connectivity index (χ2n) is 3.63. The Hall–Kier alpha value is -0.460. The van der Waals surface area contributed by atoms with Gasteiger partial charge in [0, 0.05) is 11.7 Å². The minimum atomic E-state index is 0.0744. The summed E-state index contributed by atoms with van der Waals surface area (Å²) in [5.41, 5.74) is 0. The fourth-order valence-electron chi connectivity index (χ4n) is 1.91. The van der Waals surface area contributed by atoms with Gasteiger partial charge in [0.2, 0.25) is 0 Å². The topological polar surface area (TPSA) is 35.8 Å². The van der Waals surface area contributed by atoms with Gasteiger partial charge in [-0.1, -0.05) is 12.2 Å². The highest BCUT2D eigenvalue weighted by Crippen LogP contribution is 2.31. The van der Waals surface area contributed by atoms with Crippen molar-refractivity contribution in [2.45, 2.75) is 30.7 Å². The molecule has 2 nitrogen and oxygen atoms in total. The van der Waals surface area contributed by atoms with Crippen molar-refractivity contribution in [1.29, 1.82) is 5.26 Å². The van der Waals surface area contributed by atoms with Crippen molar-refractivity contribution < 1.29 is 0 Å². The highest BCUT2D eigenvalue weighted by Gasteiger charge is 2.29. The van der Waals surface area contributed by atoms with Crippen molar-refractivity contribution in [3.05, 3.63) is 12.2 Å². The minimum absolute atomic E-state index is 0.0744. The molecule has 13 heavy (non-hydrogen) atoms. The summed E-state index contributed by atoms with van der Waals surface area (Å²) in [5.74, 6) is 1.60. The molecule has 0 aromatic rings. The molecular weight excluding hydrogens is 180 g/mol. The van der Waals surface area contributed by atoms with Gasteiger partial charge in [-0.3, -0.25) is 5.32 Å². The predicted octanol–water partition coefficient (Wildman–Crippen LogP) is 1.90. The lowest BCUT2D eigenvalue weighted by Gasteiger charge is -2.22. The Kier molecular flexibility index (Phi) is 2.92. The molecule has 1 N–H and O–H groups in total. The maximum absolute atomic E-state index is 8.74. The Morgan fingerprint density at radius 3 is 3.08 bits per heavy atom. The number of hydrogen-bond donors (Lipinski definition) is 1. The Bertz CT molecular complexity index is 244. The monoisotopic (exact) mass is 194 g/mol. The van der Waals surface area contributed by atoms with E-state index in [4.69, 9.17) is 5.26 Å². The van der Waals surface area contributed by atoms with Gasteiger partial charge < -0.3 is 0 Å². The van der Waals surface area contributed by atoms with E-state index in [9.17, 15) is 0 Å². The SMILES string of the molecule is N#CC1CSC(C2C=CCCC2)N1. The van der Waals surface area contributed by atoms with Gasteiger partial charge in [-0.25, -0.2) is 0 Å². The Morgan fingerprint density at radius 1 is 1.54 bits per heavy atom. The van der Waals surface area contributed by atoms with Crippen molar-refractivity contribution in [2.24, 2.45) is 5.92 Å². The Morgan fingerprint density at radius 2 is 2.46 bits per heavy atom. The first-order chi connectivity index (χ1) is 6.40. The van der Waals surface area contributed by atoms with Crippen LogP contribution in [0, 0.1) is 17.2 Å².